The van der Waals surface area contributed by atoms with E-state index in [4.69, 9.17) is 11.6 Å². The van der Waals surface area contributed by atoms with Gasteiger partial charge in [0.1, 0.15) is 0 Å². The van der Waals surface area contributed by atoms with Crippen molar-refractivity contribution in [2.75, 3.05) is 4.90 Å². The topological polar surface area (TPSA) is 37.4 Å². The summed E-state index contributed by atoms with van der Waals surface area (Å²) in [7, 11) is 0. The SMILES string of the molecule is O=C1c2ccc3c4c(ccc(c24)C(=O)N1c1ccc(Br)c(Cl)c1)CC3. The highest BCUT2D eigenvalue weighted by Crippen LogP contribution is 2.40. The number of carbonyl (C=O) groups excluding carboxylic acids is 2. The molecule has 2 aliphatic rings. The summed E-state index contributed by atoms with van der Waals surface area (Å²) in [5.74, 6) is -0.599. The number of aryl methyl sites for hydroxylation is 2. The minimum Gasteiger partial charge on any atom is -0.268 e. The first kappa shape index (κ1) is 15.1. The number of anilines is 1. The average molecular weight is 413 g/mol. The van der Waals surface area contributed by atoms with Gasteiger partial charge in [0.2, 0.25) is 0 Å². The molecule has 5 rings (SSSR count). The molecule has 0 unspecified atom stereocenters. The van der Waals surface area contributed by atoms with Gasteiger partial charge in [-0.25, -0.2) is 4.90 Å². The molecule has 0 saturated carbocycles. The highest BCUT2D eigenvalue weighted by Gasteiger charge is 2.36. The zero-order valence-electron chi connectivity index (χ0n) is 13.0. The molecule has 5 heteroatoms. The van der Waals surface area contributed by atoms with Gasteiger partial charge < -0.3 is 0 Å². The molecule has 1 aliphatic carbocycles. The Kier molecular flexibility index (Phi) is 3.12. The normalized spacial score (nSPS) is 15.4. The van der Waals surface area contributed by atoms with Gasteiger partial charge in [-0.05, 0) is 75.6 Å². The lowest BCUT2D eigenvalue weighted by Gasteiger charge is -2.28. The molecule has 0 spiro atoms. The fraction of sp³-hybridized carbons (Fsp3) is 0.100. The maximum Gasteiger partial charge on any atom is 0.265 e. The second-order valence-corrected chi connectivity index (χ2v) is 7.60. The van der Waals surface area contributed by atoms with E-state index in [1.165, 1.54) is 16.0 Å². The molecule has 0 aromatic heterocycles. The predicted molar refractivity (Wildman–Crippen MR) is 102 cm³/mol. The molecular formula is C20H11BrClNO2. The van der Waals surface area contributed by atoms with E-state index in [1.54, 1.807) is 18.2 Å². The molecule has 25 heavy (non-hydrogen) atoms. The molecule has 1 heterocycles. The van der Waals surface area contributed by atoms with Crippen LogP contribution in [0.2, 0.25) is 5.02 Å². The Morgan fingerprint density at radius 2 is 1.44 bits per heavy atom. The van der Waals surface area contributed by atoms with Gasteiger partial charge in [-0.3, -0.25) is 9.59 Å². The molecule has 3 aromatic rings. The summed E-state index contributed by atoms with van der Waals surface area (Å²) >= 11 is 9.50. The van der Waals surface area contributed by atoms with E-state index >= 15 is 0 Å². The van der Waals surface area contributed by atoms with Crippen molar-refractivity contribution in [3.8, 4) is 0 Å². The van der Waals surface area contributed by atoms with Crippen molar-refractivity contribution in [1.29, 1.82) is 0 Å². The predicted octanol–water partition coefficient (Wildman–Crippen LogP) is 5.15. The van der Waals surface area contributed by atoms with Gasteiger partial charge in [-0.1, -0.05) is 23.7 Å². The van der Waals surface area contributed by atoms with E-state index in [9.17, 15) is 9.59 Å². The number of imide groups is 1. The van der Waals surface area contributed by atoms with E-state index in [0.717, 1.165) is 28.1 Å². The quantitative estimate of drug-likeness (QED) is 0.518. The van der Waals surface area contributed by atoms with Crippen LogP contribution in [0.15, 0.2) is 46.9 Å². The minimum absolute atomic E-state index is 0.300. The second kappa shape index (κ2) is 5.16. The molecule has 0 saturated heterocycles. The average Bonchev–Trinajstić information content (AvgIpc) is 3.03. The smallest absolute Gasteiger partial charge is 0.265 e. The fourth-order valence-electron chi connectivity index (χ4n) is 3.88. The van der Waals surface area contributed by atoms with Gasteiger partial charge >= 0.3 is 0 Å². The first-order chi connectivity index (χ1) is 12.1. The van der Waals surface area contributed by atoms with Crippen molar-refractivity contribution in [3.63, 3.8) is 0 Å². The third kappa shape index (κ3) is 1.98. The molecule has 2 amide bonds. The number of halogens is 2. The summed E-state index contributed by atoms with van der Waals surface area (Å²) in [6.07, 6.45) is 1.92. The number of benzene rings is 3. The van der Waals surface area contributed by atoms with E-state index in [-0.39, 0.29) is 11.8 Å². The van der Waals surface area contributed by atoms with E-state index in [0.29, 0.717) is 21.8 Å². The van der Waals surface area contributed by atoms with Gasteiger partial charge in [0.15, 0.2) is 0 Å². The van der Waals surface area contributed by atoms with Crippen molar-refractivity contribution in [2.45, 2.75) is 12.8 Å². The molecule has 3 aromatic carbocycles. The molecular weight excluding hydrogens is 402 g/mol. The third-order valence-corrected chi connectivity index (χ3v) is 6.26. The molecule has 0 fully saturated rings. The molecule has 0 bridgehead atoms. The third-order valence-electron chi connectivity index (χ3n) is 5.03. The monoisotopic (exact) mass is 411 g/mol. The molecule has 0 atom stereocenters. The van der Waals surface area contributed by atoms with Crippen molar-refractivity contribution < 1.29 is 9.59 Å². The summed E-state index contributed by atoms with van der Waals surface area (Å²) in [6, 6.07) is 12.8. The van der Waals surface area contributed by atoms with Gasteiger partial charge in [0.25, 0.3) is 11.8 Å². The van der Waals surface area contributed by atoms with E-state index in [2.05, 4.69) is 15.9 Å². The zero-order chi connectivity index (χ0) is 17.3. The highest BCUT2D eigenvalue weighted by atomic mass is 79.9. The number of hydrogen-bond acceptors (Lipinski definition) is 2. The zero-order valence-corrected chi connectivity index (χ0v) is 15.3. The lowest BCUT2D eigenvalue weighted by Crippen LogP contribution is -2.40. The summed E-state index contributed by atoms with van der Waals surface area (Å²) in [4.78, 5) is 27.4. The van der Waals surface area contributed by atoms with Crippen LogP contribution >= 0.6 is 27.5 Å². The largest absolute Gasteiger partial charge is 0.268 e. The summed E-state index contributed by atoms with van der Waals surface area (Å²) in [5.41, 5.74) is 4.07. The van der Waals surface area contributed by atoms with Crippen LogP contribution in [0.5, 0.6) is 0 Å². The molecule has 3 nitrogen and oxygen atoms in total. The van der Waals surface area contributed by atoms with Crippen LogP contribution in [-0.2, 0) is 12.8 Å². The Labute approximate surface area is 157 Å². The van der Waals surface area contributed by atoms with Gasteiger partial charge in [0, 0.05) is 21.0 Å². The van der Waals surface area contributed by atoms with Crippen LogP contribution in [0.1, 0.15) is 31.8 Å². The molecule has 0 N–H and O–H groups in total. The standard InChI is InChI=1S/C20H11BrClNO2/c21-15-8-5-12(9-16(15)22)23-19(24)13-6-3-10-1-2-11-4-7-14(20(23)25)18(13)17(10)11/h3-9H,1-2H2. The number of hydrogen-bond donors (Lipinski definition) is 0. The summed E-state index contributed by atoms with van der Waals surface area (Å²) in [5, 5.41) is 2.35. The number of nitrogens with zero attached hydrogens (tertiary/aromatic N) is 1. The number of rotatable bonds is 1. The van der Waals surface area contributed by atoms with Crippen LogP contribution in [0.3, 0.4) is 0 Å². The van der Waals surface area contributed by atoms with Crippen LogP contribution in [-0.4, -0.2) is 11.8 Å². The number of carbonyl (C=O) groups is 2. The molecule has 1 aliphatic heterocycles. The Hall–Kier alpha value is -2.17. The Balaban J connectivity index is 1.78. The van der Waals surface area contributed by atoms with Crippen LogP contribution in [0.25, 0.3) is 10.8 Å². The first-order valence-corrected chi connectivity index (χ1v) is 9.14. The molecule has 0 radical (unpaired) electrons. The number of amides is 2. The Morgan fingerprint density at radius 3 is 2.00 bits per heavy atom. The minimum atomic E-state index is -0.300. The van der Waals surface area contributed by atoms with Crippen molar-refractivity contribution >= 4 is 55.8 Å². The Morgan fingerprint density at radius 1 is 0.840 bits per heavy atom. The molecule has 122 valence electrons. The maximum atomic E-state index is 13.1. The van der Waals surface area contributed by atoms with E-state index in [1.807, 2.05) is 24.3 Å². The Bertz CT molecular complexity index is 1060. The summed E-state index contributed by atoms with van der Waals surface area (Å²) < 4.78 is 0.720. The van der Waals surface area contributed by atoms with Crippen LogP contribution < -0.4 is 4.90 Å². The van der Waals surface area contributed by atoms with Crippen LogP contribution in [0.4, 0.5) is 5.69 Å². The first-order valence-electron chi connectivity index (χ1n) is 7.97. The lowest BCUT2D eigenvalue weighted by atomic mass is 9.91. The lowest BCUT2D eigenvalue weighted by molar-refractivity contribution is 0.0893. The van der Waals surface area contributed by atoms with Crippen LogP contribution in [0, 0.1) is 0 Å². The van der Waals surface area contributed by atoms with Crippen molar-refractivity contribution in [1.82, 2.24) is 0 Å². The summed E-state index contributed by atoms with van der Waals surface area (Å²) in [6.45, 7) is 0. The van der Waals surface area contributed by atoms with Crippen molar-refractivity contribution in [3.05, 3.63) is 74.2 Å². The van der Waals surface area contributed by atoms with Gasteiger partial charge in [-0.15, -0.1) is 0 Å². The van der Waals surface area contributed by atoms with Crippen molar-refractivity contribution in [2.24, 2.45) is 0 Å². The maximum absolute atomic E-state index is 13.1. The highest BCUT2D eigenvalue weighted by molar-refractivity contribution is 9.10. The fourth-order valence-corrected chi connectivity index (χ4v) is 4.30. The van der Waals surface area contributed by atoms with Gasteiger partial charge in [-0.2, -0.15) is 0 Å². The second-order valence-electron chi connectivity index (χ2n) is 6.34. The van der Waals surface area contributed by atoms with E-state index < -0.39 is 0 Å². The van der Waals surface area contributed by atoms with Gasteiger partial charge in [0.05, 0.1) is 10.7 Å².